The number of carbonyl (C=O) groups excluding carboxylic acids is 1. The second-order valence-electron chi connectivity index (χ2n) is 4.92. The quantitative estimate of drug-likeness (QED) is 0.726. The van der Waals surface area contributed by atoms with E-state index in [1.807, 2.05) is 6.07 Å². The molecule has 1 heterocycles. The minimum Gasteiger partial charge on any atom is -0.539 e. The average molecular weight is 285 g/mol. The largest absolute Gasteiger partial charge is 0.539 e. The summed E-state index contributed by atoms with van der Waals surface area (Å²) in [7, 11) is 0. The highest BCUT2D eigenvalue weighted by molar-refractivity contribution is 6.26. The van der Waals surface area contributed by atoms with Crippen molar-refractivity contribution in [2.75, 3.05) is 6.54 Å². The van der Waals surface area contributed by atoms with Gasteiger partial charge < -0.3 is 25.2 Å². The summed E-state index contributed by atoms with van der Waals surface area (Å²) < 4.78 is 5.45. The molecule has 0 amide bonds. The molecule has 0 saturated carbocycles. The van der Waals surface area contributed by atoms with Crippen LogP contribution in [0.15, 0.2) is 22.8 Å². The second kappa shape index (κ2) is 10.0. The zero-order chi connectivity index (χ0) is 15.5. The first kappa shape index (κ1) is 18.2. The van der Waals surface area contributed by atoms with E-state index < -0.39 is 11.9 Å². The standard InChI is InChI=1S/C12H21NO.C2H2O4/c1-10(2)5-6-11(7-8-13)12-4-3-9-14-12;3-1(4)2(5)6/h3-4,9-11H,5-8,13H2,1-2H3;(H,3,4)(H,5,6). The summed E-state index contributed by atoms with van der Waals surface area (Å²) in [4.78, 5) is 18.0. The maximum Gasteiger partial charge on any atom is 0.351 e. The Kier molecular flexibility index (Phi) is 9.11. The zero-order valence-electron chi connectivity index (χ0n) is 12.0. The van der Waals surface area contributed by atoms with Gasteiger partial charge in [0.25, 0.3) is 0 Å². The Bertz CT molecular complexity index is 374. The van der Waals surface area contributed by atoms with Gasteiger partial charge in [0, 0.05) is 12.3 Å². The van der Waals surface area contributed by atoms with E-state index >= 15 is 0 Å². The van der Waals surface area contributed by atoms with Crippen LogP contribution in [-0.4, -0.2) is 23.6 Å². The van der Waals surface area contributed by atoms with Gasteiger partial charge in [-0.05, 0) is 24.5 Å². The van der Waals surface area contributed by atoms with Crippen molar-refractivity contribution in [2.45, 2.75) is 39.0 Å². The number of hydrogen-bond donors (Lipinski definition) is 2. The van der Waals surface area contributed by atoms with Crippen molar-refractivity contribution in [3.63, 3.8) is 0 Å². The first-order chi connectivity index (χ1) is 9.38. The van der Waals surface area contributed by atoms with E-state index in [9.17, 15) is 0 Å². The van der Waals surface area contributed by atoms with Gasteiger partial charge >= 0.3 is 5.97 Å². The van der Waals surface area contributed by atoms with Gasteiger partial charge in [-0.3, -0.25) is 0 Å². The Hall–Kier alpha value is -1.82. The van der Waals surface area contributed by atoms with Crippen LogP contribution in [0, 0.1) is 5.92 Å². The summed E-state index contributed by atoms with van der Waals surface area (Å²) in [5, 5.41) is 16.3. The van der Waals surface area contributed by atoms with Crippen LogP contribution in [0.5, 0.6) is 0 Å². The van der Waals surface area contributed by atoms with Crippen LogP contribution in [0.25, 0.3) is 0 Å². The van der Waals surface area contributed by atoms with Gasteiger partial charge in [0.2, 0.25) is 0 Å². The highest BCUT2D eigenvalue weighted by Crippen LogP contribution is 2.26. The summed E-state index contributed by atoms with van der Waals surface area (Å²) >= 11 is 0. The summed E-state index contributed by atoms with van der Waals surface area (Å²) in [5.74, 6) is -1.53. The SMILES string of the molecule is CC(C)CCC(CC[NH3+])c1ccco1.O=C([O-])C(=O)O. The van der Waals surface area contributed by atoms with Crippen LogP contribution in [-0.2, 0) is 9.59 Å². The lowest BCUT2D eigenvalue weighted by Crippen LogP contribution is -2.50. The molecule has 1 atom stereocenters. The molecule has 4 N–H and O–H groups in total. The van der Waals surface area contributed by atoms with Crippen LogP contribution >= 0.6 is 0 Å². The Morgan fingerprint density at radius 1 is 1.35 bits per heavy atom. The number of carbonyl (C=O) groups is 2. The second-order valence-corrected chi connectivity index (χ2v) is 4.92. The van der Waals surface area contributed by atoms with E-state index in [4.69, 9.17) is 24.2 Å². The lowest BCUT2D eigenvalue weighted by molar-refractivity contribution is -0.369. The molecule has 1 aromatic heterocycles. The molecule has 0 spiro atoms. The molecular formula is C14H23NO5. The van der Waals surface area contributed by atoms with Crippen molar-refractivity contribution in [3.05, 3.63) is 24.2 Å². The number of aliphatic carboxylic acids is 2. The van der Waals surface area contributed by atoms with E-state index in [2.05, 4.69) is 25.6 Å². The van der Waals surface area contributed by atoms with Gasteiger partial charge in [-0.2, -0.15) is 0 Å². The van der Waals surface area contributed by atoms with Crippen LogP contribution in [0.1, 0.15) is 44.8 Å². The van der Waals surface area contributed by atoms with Crippen LogP contribution < -0.4 is 10.8 Å². The molecule has 0 radical (unpaired) electrons. The average Bonchev–Trinajstić information content (AvgIpc) is 2.88. The first-order valence-corrected chi connectivity index (χ1v) is 6.65. The minimum absolute atomic E-state index is 0.574. The number of carboxylic acid groups (broad SMARTS) is 2. The van der Waals surface area contributed by atoms with Gasteiger partial charge in [-0.1, -0.05) is 20.3 Å². The molecule has 114 valence electrons. The lowest BCUT2D eigenvalue weighted by atomic mass is 9.93. The highest BCUT2D eigenvalue weighted by atomic mass is 16.4. The van der Waals surface area contributed by atoms with Crippen LogP contribution in [0.4, 0.5) is 0 Å². The van der Waals surface area contributed by atoms with Crippen LogP contribution in [0.3, 0.4) is 0 Å². The van der Waals surface area contributed by atoms with Gasteiger partial charge in [0.05, 0.1) is 12.8 Å². The van der Waals surface area contributed by atoms with Gasteiger partial charge in [-0.25, -0.2) is 4.79 Å². The van der Waals surface area contributed by atoms with Crippen molar-refractivity contribution in [1.29, 1.82) is 0 Å². The predicted octanol–water partition coefficient (Wildman–Crippen LogP) is 0.252. The molecule has 0 aromatic carbocycles. The monoisotopic (exact) mass is 285 g/mol. The third-order valence-electron chi connectivity index (χ3n) is 2.77. The van der Waals surface area contributed by atoms with Crippen molar-refractivity contribution >= 4 is 11.9 Å². The fourth-order valence-corrected chi connectivity index (χ4v) is 1.73. The summed E-state index contributed by atoms with van der Waals surface area (Å²) in [6.07, 6.45) is 5.40. The smallest absolute Gasteiger partial charge is 0.351 e. The van der Waals surface area contributed by atoms with Crippen molar-refractivity contribution in [2.24, 2.45) is 5.92 Å². The Labute approximate surface area is 118 Å². The van der Waals surface area contributed by atoms with Crippen LogP contribution in [0.2, 0.25) is 0 Å². The Morgan fingerprint density at radius 2 is 1.95 bits per heavy atom. The summed E-state index contributed by atoms with van der Waals surface area (Å²) in [6.45, 7) is 5.52. The molecule has 0 fully saturated rings. The molecule has 20 heavy (non-hydrogen) atoms. The van der Waals surface area contributed by atoms with Gasteiger partial charge in [0.1, 0.15) is 5.76 Å². The minimum atomic E-state index is -2.07. The Morgan fingerprint density at radius 3 is 2.30 bits per heavy atom. The fourth-order valence-electron chi connectivity index (χ4n) is 1.73. The molecule has 1 unspecified atom stereocenters. The zero-order valence-corrected chi connectivity index (χ0v) is 12.0. The van der Waals surface area contributed by atoms with Gasteiger partial charge in [-0.15, -0.1) is 0 Å². The van der Waals surface area contributed by atoms with E-state index in [0.717, 1.165) is 24.6 Å². The molecule has 6 heteroatoms. The number of furan rings is 1. The predicted molar refractivity (Wildman–Crippen MR) is 70.5 cm³/mol. The summed E-state index contributed by atoms with van der Waals surface area (Å²) in [6, 6.07) is 4.06. The topological polar surface area (TPSA) is 118 Å². The molecular weight excluding hydrogens is 262 g/mol. The van der Waals surface area contributed by atoms with Crippen molar-refractivity contribution in [3.8, 4) is 0 Å². The number of hydrogen-bond acceptors (Lipinski definition) is 4. The molecule has 0 aliphatic rings. The third kappa shape index (κ3) is 8.31. The number of quaternary nitrogens is 1. The van der Waals surface area contributed by atoms with E-state index in [1.165, 1.54) is 12.8 Å². The van der Waals surface area contributed by atoms with Gasteiger partial charge in [0.15, 0.2) is 5.97 Å². The molecule has 0 saturated heterocycles. The van der Waals surface area contributed by atoms with E-state index in [-0.39, 0.29) is 0 Å². The van der Waals surface area contributed by atoms with E-state index in [0.29, 0.717) is 5.92 Å². The molecule has 0 aliphatic heterocycles. The van der Waals surface area contributed by atoms with Crippen molar-refractivity contribution < 1.29 is 30.0 Å². The first-order valence-electron chi connectivity index (χ1n) is 6.65. The molecule has 0 aliphatic carbocycles. The molecule has 0 bridgehead atoms. The maximum absolute atomic E-state index is 9.04. The Balaban J connectivity index is 0.000000511. The van der Waals surface area contributed by atoms with E-state index in [1.54, 1.807) is 6.26 Å². The maximum atomic E-state index is 9.04. The number of rotatable bonds is 6. The lowest BCUT2D eigenvalue weighted by Gasteiger charge is -2.13. The molecule has 1 aromatic rings. The third-order valence-corrected chi connectivity index (χ3v) is 2.77. The fraction of sp³-hybridized carbons (Fsp3) is 0.571. The molecule has 6 nitrogen and oxygen atoms in total. The highest BCUT2D eigenvalue weighted by Gasteiger charge is 2.14. The molecule has 1 rings (SSSR count). The number of carboxylic acids is 2. The van der Waals surface area contributed by atoms with Crippen molar-refractivity contribution in [1.82, 2.24) is 0 Å². The normalized spacial score (nSPS) is 11.6. The summed E-state index contributed by atoms with van der Waals surface area (Å²) in [5.41, 5.74) is 3.92.